The summed E-state index contributed by atoms with van der Waals surface area (Å²) in [7, 11) is 0. The van der Waals surface area contributed by atoms with Crippen molar-refractivity contribution >= 4 is 23.1 Å². The molecular weight excluding hydrogens is 392 g/mol. The zero-order chi connectivity index (χ0) is 22.6. The number of aromatic hydroxyl groups is 1. The number of aliphatic hydroxyl groups is 1. The number of nitrogens with one attached hydrogen (secondary N) is 1. The molecule has 0 radical (unpaired) electrons. The van der Waals surface area contributed by atoms with E-state index in [1.165, 1.54) is 0 Å². The molecule has 1 amide bonds. The smallest absolute Gasteiger partial charge is 0.207 e. The lowest BCUT2D eigenvalue weighted by molar-refractivity contribution is -0.110. The van der Waals surface area contributed by atoms with Crippen molar-refractivity contribution in [2.75, 3.05) is 18.0 Å². The van der Waals surface area contributed by atoms with E-state index in [0.717, 1.165) is 41.7 Å². The summed E-state index contributed by atoms with van der Waals surface area (Å²) in [5, 5.41) is 22.6. The van der Waals surface area contributed by atoms with Crippen LogP contribution in [-0.4, -0.2) is 51.3 Å². The first-order valence-electron chi connectivity index (χ1n) is 10.4. The molecule has 1 aliphatic rings. The molecule has 0 aliphatic carbocycles. The molecule has 164 valence electrons. The Kier molecular flexibility index (Phi) is 6.75. The number of amides is 1. The summed E-state index contributed by atoms with van der Waals surface area (Å²) >= 11 is 0. The third-order valence-electron chi connectivity index (χ3n) is 4.77. The predicted molar refractivity (Wildman–Crippen MR) is 123 cm³/mol. The normalized spacial score (nSPS) is 16.0. The van der Waals surface area contributed by atoms with Gasteiger partial charge in [0.25, 0.3) is 0 Å². The Morgan fingerprint density at radius 3 is 2.55 bits per heavy atom. The van der Waals surface area contributed by atoms with Crippen molar-refractivity contribution in [2.45, 2.75) is 45.8 Å². The lowest BCUT2D eigenvalue weighted by Crippen LogP contribution is -2.31. The minimum atomic E-state index is -0.500. The summed E-state index contributed by atoms with van der Waals surface area (Å²) in [6.07, 6.45) is 1.63. The number of hydrogen-bond acceptors (Lipinski definition) is 6. The standard InChI is InChI=1S/C20H20N4O2.C4H10O/c1-13-6-7-15-17(10-13)22-19(16-4-2-3-5-18(16)26)23-20(15)24-9-8-14(11-24)21-12-25;1-4(2,3)5/h2-7,10,12,14,26H,8-9,11H2,1H3,(H,21,25);5H,1-3H3. The molecule has 2 heterocycles. The Bertz CT molecular complexity index is 1060. The molecule has 0 saturated carbocycles. The van der Waals surface area contributed by atoms with Crippen LogP contribution in [0.5, 0.6) is 5.75 Å². The number of anilines is 1. The highest BCUT2D eigenvalue weighted by Crippen LogP contribution is 2.33. The van der Waals surface area contributed by atoms with Crippen LogP contribution >= 0.6 is 0 Å². The van der Waals surface area contributed by atoms with Crippen molar-refractivity contribution in [2.24, 2.45) is 0 Å². The molecule has 1 unspecified atom stereocenters. The SMILES string of the molecule is CC(C)(C)O.Cc1ccc2c(N3CCC(NC=O)C3)nc(-c3ccccc3O)nc2c1. The van der Waals surface area contributed by atoms with Crippen molar-refractivity contribution in [1.82, 2.24) is 15.3 Å². The zero-order valence-electron chi connectivity index (χ0n) is 18.5. The minimum Gasteiger partial charge on any atom is -0.507 e. The minimum absolute atomic E-state index is 0.122. The molecule has 1 aliphatic heterocycles. The van der Waals surface area contributed by atoms with Gasteiger partial charge in [0, 0.05) is 24.5 Å². The summed E-state index contributed by atoms with van der Waals surface area (Å²) < 4.78 is 0. The van der Waals surface area contributed by atoms with Gasteiger partial charge in [0.2, 0.25) is 6.41 Å². The molecule has 7 heteroatoms. The van der Waals surface area contributed by atoms with Crippen LogP contribution in [0.3, 0.4) is 0 Å². The maximum atomic E-state index is 10.7. The number of rotatable bonds is 4. The number of para-hydroxylation sites is 1. The predicted octanol–water partition coefficient (Wildman–Crippen LogP) is 3.41. The fraction of sp³-hybridized carbons (Fsp3) is 0.375. The lowest BCUT2D eigenvalue weighted by Gasteiger charge is -2.20. The van der Waals surface area contributed by atoms with Crippen LogP contribution in [0, 0.1) is 6.92 Å². The molecule has 1 saturated heterocycles. The summed E-state index contributed by atoms with van der Waals surface area (Å²) in [5.74, 6) is 1.50. The molecule has 1 fully saturated rings. The van der Waals surface area contributed by atoms with Gasteiger partial charge < -0.3 is 20.4 Å². The van der Waals surface area contributed by atoms with Gasteiger partial charge in [0.15, 0.2) is 5.82 Å². The number of carbonyl (C=O) groups excluding carboxylic acids is 1. The van der Waals surface area contributed by atoms with Crippen molar-refractivity contribution < 1.29 is 15.0 Å². The van der Waals surface area contributed by atoms with Crippen LogP contribution < -0.4 is 10.2 Å². The number of nitrogens with zero attached hydrogens (tertiary/aromatic N) is 3. The number of fused-ring (bicyclic) bond motifs is 1. The van der Waals surface area contributed by atoms with Crippen LogP contribution in [0.15, 0.2) is 42.5 Å². The van der Waals surface area contributed by atoms with Gasteiger partial charge in [-0.05, 0) is 63.9 Å². The molecule has 31 heavy (non-hydrogen) atoms. The van der Waals surface area contributed by atoms with Crippen LogP contribution in [0.4, 0.5) is 5.82 Å². The Balaban J connectivity index is 0.000000491. The van der Waals surface area contributed by atoms with Crippen LogP contribution in [0.1, 0.15) is 32.8 Å². The van der Waals surface area contributed by atoms with E-state index >= 15 is 0 Å². The number of carbonyl (C=O) groups is 1. The van der Waals surface area contributed by atoms with Gasteiger partial charge in [0.05, 0.1) is 16.7 Å². The second-order valence-electron chi connectivity index (χ2n) is 8.80. The number of aromatic nitrogens is 2. The quantitative estimate of drug-likeness (QED) is 0.558. The Labute approximate surface area is 182 Å². The Morgan fingerprint density at radius 1 is 1.16 bits per heavy atom. The highest BCUT2D eigenvalue weighted by molar-refractivity contribution is 5.92. The molecular formula is C24H30N4O3. The number of phenols is 1. The number of aryl methyl sites for hydroxylation is 1. The number of hydrogen-bond donors (Lipinski definition) is 3. The molecule has 3 aromatic rings. The van der Waals surface area contributed by atoms with Gasteiger partial charge in [-0.1, -0.05) is 18.2 Å². The fourth-order valence-electron chi connectivity index (χ4n) is 3.43. The fourth-order valence-corrected chi connectivity index (χ4v) is 3.43. The molecule has 0 spiro atoms. The van der Waals surface area contributed by atoms with Crippen LogP contribution in [0.25, 0.3) is 22.3 Å². The molecule has 7 nitrogen and oxygen atoms in total. The number of benzene rings is 2. The number of phenolic OH excluding ortho intramolecular Hbond substituents is 1. The van der Waals surface area contributed by atoms with E-state index in [0.29, 0.717) is 17.9 Å². The van der Waals surface area contributed by atoms with Crippen molar-refractivity contribution in [3.8, 4) is 17.1 Å². The summed E-state index contributed by atoms with van der Waals surface area (Å²) in [6.45, 7) is 8.78. The molecule has 3 N–H and O–H groups in total. The molecule has 2 aromatic carbocycles. The van der Waals surface area contributed by atoms with E-state index < -0.39 is 5.60 Å². The van der Waals surface area contributed by atoms with Gasteiger partial charge in [-0.2, -0.15) is 0 Å². The summed E-state index contributed by atoms with van der Waals surface area (Å²) in [4.78, 5) is 22.4. The van der Waals surface area contributed by atoms with E-state index in [-0.39, 0.29) is 11.8 Å². The Hall–Kier alpha value is -3.19. The van der Waals surface area contributed by atoms with Crippen LogP contribution in [0.2, 0.25) is 0 Å². The second kappa shape index (κ2) is 9.31. The van der Waals surface area contributed by atoms with Gasteiger partial charge in [-0.15, -0.1) is 0 Å². The van der Waals surface area contributed by atoms with Gasteiger partial charge in [-0.3, -0.25) is 4.79 Å². The molecule has 1 atom stereocenters. The zero-order valence-corrected chi connectivity index (χ0v) is 18.5. The average molecular weight is 423 g/mol. The summed E-state index contributed by atoms with van der Waals surface area (Å²) in [6, 6.07) is 13.3. The first-order chi connectivity index (χ1) is 14.7. The second-order valence-corrected chi connectivity index (χ2v) is 8.80. The monoisotopic (exact) mass is 422 g/mol. The average Bonchev–Trinajstić information content (AvgIpc) is 3.15. The van der Waals surface area contributed by atoms with E-state index in [9.17, 15) is 9.90 Å². The topological polar surface area (TPSA) is 98.6 Å². The van der Waals surface area contributed by atoms with E-state index in [4.69, 9.17) is 10.1 Å². The first-order valence-corrected chi connectivity index (χ1v) is 10.4. The van der Waals surface area contributed by atoms with Crippen LogP contribution in [-0.2, 0) is 4.79 Å². The molecule has 4 rings (SSSR count). The van der Waals surface area contributed by atoms with Gasteiger partial charge in [-0.25, -0.2) is 9.97 Å². The molecule has 0 bridgehead atoms. The first kappa shape index (κ1) is 22.5. The summed E-state index contributed by atoms with van der Waals surface area (Å²) in [5.41, 5.74) is 2.08. The third kappa shape index (κ3) is 5.92. The van der Waals surface area contributed by atoms with E-state index in [2.05, 4.69) is 15.2 Å². The van der Waals surface area contributed by atoms with Gasteiger partial charge in [0.1, 0.15) is 11.6 Å². The van der Waals surface area contributed by atoms with Crippen molar-refractivity contribution in [3.05, 3.63) is 48.0 Å². The third-order valence-corrected chi connectivity index (χ3v) is 4.77. The highest BCUT2D eigenvalue weighted by atomic mass is 16.3. The maximum Gasteiger partial charge on any atom is 0.207 e. The maximum absolute atomic E-state index is 10.7. The molecule has 1 aromatic heterocycles. The van der Waals surface area contributed by atoms with E-state index in [1.54, 1.807) is 32.9 Å². The van der Waals surface area contributed by atoms with Gasteiger partial charge >= 0.3 is 0 Å². The largest absolute Gasteiger partial charge is 0.507 e. The lowest BCUT2D eigenvalue weighted by atomic mass is 10.1. The van der Waals surface area contributed by atoms with Crippen molar-refractivity contribution in [3.63, 3.8) is 0 Å². The van der Waals surface area contributed by atoms with E-state index in [1.807, 2.05) is 37.3 Å². The van der Waals surface area contributed by atoms with Crippen molar-refractivity contribution in [1.29, 1.82) is 0 Å². The Morgan fingerprint density at radius 2 is 1.87 bits per heavy atom. The highest BCUT2D eigenvalue weighted by Gasteiger charge is 2.25.